The summed E-state index contributed by atoms with van der Waals surface area (Å²) < 4.78 is 1.03. The van der Waals surface area contributed by atoms with Crippen LogP contribution in [0.3, 0.4) is 0 Å². The monoisotopic (exact) mass is 452 g/mol. The van der Waals surface area contributed by atoms with Crippen molar-refractivity contribution >= 4 is 33.4 Å². The number of halogens is 1. The highest BCUT2D eigenvalue weighted by molar-refractivity contribution is 9.10. The molecule has 1 heterocycles. The van der Waals surface area contributed by atoms with Crippen molar-refractivity contribution in [2.24, 2.45) is 4.99 Å². The summed E-state index contributed by atoms with van der Waals surface area (Å²) in [6, 6.07) is 24.2. The number of para-hydroxylation sites is 1. The number of nitrogens with zero attached hydrogens (tertiary/aromatic N) is 1. The predicted octanol–water partition coefficient (Wildman–Crippen LogP) is 6.10. The van der Waals surface area contributed by atoms with E-state index in [1.165, 1.54) is 4.90 Å². The van der Waals surface area contributed by atoms with Crippen LogP contribution in [0.2, 0.25) is 0 Å². The minimum atomic E-state index is -0.164. The molecule has 5 heteroatoms. The van der Waals surface area contributed by atoms with Gasteiger partial charge in [0.2, 0.25) is 0 Å². The molecule has 4 rings (SSSR count). The fourth-order valence-electron chi connectivity index (χ4n) is 3.49. The Morgan fingerprint density at radius 3 is 2.54 bits per heavy atom. The lowest BCUT2D eigenvalue weighted by molar-refractivity contribution is 0.412. The number of nitrogens with one attached hydrogen (secondary N) is 1. The van der Waals surface area contributed by atoms with Crippen LogP contribution >= 0.6 is 27.7 Å². The van der Waals surface area contributed by atoms with Crippen LogP contribution in [-0.4, -0.2) is 17.1 Å². The van der Waals surface area contributed by atoms with Gasteiger partial charge in [-0.15, -0.1) is 11.8 Å². The first kappa shape index (κ1) is 19.2. The maximum Gasteiger partial charge on any atom is 0.126 e. The Kier molecular flexibility index (Phi) is 5.85. The molecular weight excluding hydrogens is 432 g/mol. The predicted molar refractivity (Wildman–Crippen MR) is 120 cm³/mol. The van der Waals surface area contributed by atoms with Crippen molar-refractivity contribution in [3.63, 3.8) is 0 Å². The average Bonchev–Trinajstić information content (AvgIpc) is 2.74. The number of phenols is 1. The summed E-state index contributed by atoms with van der Waals surface area (Å²) in [5.74, 6) is 0.312. The first-order valence-electron chi connectivity index (χ1n) is 9.14. The van der Waals surface area contributed by atoms with E-state index in [2.05, 4.69) is 63.9 Å². The number of phenolic OH excluding ortho intramolecular Hbond substituents is 1. The van der Waals surface area contributed by atoms with E-state index in [0.717, 1.165) is 26.9 Å². The number of aromatic hydroxyl groups is 1. The van der Waals surface area contributed by atoms with Crippen molar-refractivity contribution < 1.29 is 5.11 Å². The van der Waals surface area contributed by atoms with Crippen LogP contribution in [0.1, 0.15) is 35.3 Å². The molecule has 3 aromatic rings. The van der Waals surface area contributed by atoms with Crippen molar-refractivity contribution in [1.29, 1.82) is 0 Å². The van der Waals surface area contributed by atoms with Crippen LogP contribution < -0.4 is 5.32 Å². The molecule has 0 saturated carbocycles. The third-order valence-electron chi connectivity index (χ3n) is 4.94. The van der Waals surface area contributed by atoms with E-state index >= 15 is 0 Å². The van der Waals surface area contributed by atoms with Crippen molar-refractivity contribution in [2.75, 3.05) is 6.26 Å². The Morgan fingerprint density at radius 2 is 1.82 bits per heavy atom. The van der Waals surface area contributed by atoms with E-state index in [0.29, 0.717) is 12.2 Å². The average molecular weight is 453 g/mol. The number of thioether (sulfide) groups is 1. The minimum Gasteiger partial charge on any atom is -0.508 e. The molecule has 0 aromatic heterocycles. The Hall–Kier alpha value is -2.08. The fraction of sp³-hybridized carbons (Fsp3) is 0.174. The van der Waals surface area contributed by atoms with Gasteiger partial charge in [0.1, 0.15) is 11.9 Å². The van der Waals surface area contributed by atoms with Crippen molar-refractivity contribution in [2.45, 2.75) is 23.5 Å². The van der Waals surface area contributed by atoms with Gasteiger partial charge in [-0.25, -0.2) is 0 Å². The molecule has 0 unspecified atom stereocenters. The van der Waals surface area contributed by atoms with E-state index in [4.69, 9.17) is 4.99 Å². The second kappa shape index (κ2) is 8.52. The molecule has 1 aliphatic rings. The van der Waals surface area contributed by atoms with Crippen LogP contribution in [0.4, 0.5) is 0 Å². The van der Waals surface area contributed by atoms with Crippen LogP contribution in [-0.2, 0) is 0 Å². The lowest BCUT2D eigenvalue weighted by atomic mass is 9.93. The minimum absolute atomic E-state index is 0.0158. The summed E-state index contributed by atoms with van der Waals surface area (Å²) >= 11 is 5.29. The number of hydrogen-bond acceptors (Lipinski definition) is 4. The van der Waals surface area contributed by atoms with Crippen molar-refractivity contribution in [1.82, 2.24) is 5.32 Å². The third-order valence-corrected chi connectivity index (χ3v) is 6.18. The van der Waals surface area contributed by atoms with Crippen LogP contribution in [0.5, 0.6) is 5.75 Å². The Labute approximate surface area is 178 Å². The summed E-state index contributed by atoms with van der Waals surface area (Å²) in [6.07, 6.45) is 2.63. The molecule has 0 fully saturated rings. The number of benzene rings is 3. The summed E-state index contributed by atoms with van der Waals surface area (Å²) in [5.41, 5.74) is 4.15. The van der Waals surface area contributed by atoms with Crippen LogP contribution in [0.15, 0.2) is 87.2 Å². The van der Waals surface area contributed by atoms with Gasteiger partial charge in [-0.3, -0.25) is 10.3 Å². The normalized spacial score (nSPS) is 19.3. The van der Waals surface area contributed by atoms with Gasteiger partial charge in [0.05, 0.1) is 0 Å². The van der Waals surface area contributed by atoms with Gasteiger partial charge in [0.15, 0.2) is 0 Å². The largest absolute Gasteiger partial charge is 0.508 e. The van der Waals surface area contributed by atoms with E-state index in [1.54, 1.807) is 17.8 Å². The zero-order chi connectivity index (χ0) is 19.5. The molecule has 1 aliphatic heterocycles. The van der Waals surface area contributed by atoms with Crippen LogP contribution in [0, 0.1) is 0 Å². The van der Waals surface area contributed by atoms with Crippen molar-refractivity contribution in [3.8, 4) is 5.75 Å². The van der Waals surface area contributed by atoms with Gasteiger partial charge < -0.3 is 5.11 Å². The molecule has 0 spiro atoms. The molecule has 0 aliphatic carbocycles. The van der Waals surface area contributed by atoms with E-state index in [1.807, 2.05) is 30.3 Å². The highest BCUT2D eigenvalue weighted by Crippen LogP contribution is 2.34. The van der Waals surface area contributed by atoms with Gasteiger partial charge in [-0.05, 0) is 47.7 Å². The first-order chi connectivity index (χ1) is 13.6. The summed E-state index contributed by atoms with van der Waals surface area (Å²) in [4.78, 5) is 6.25. The van der Waals surface area contributed by atoms with Gasteiger partial charge in [-0.1, -0.05) is 58.4 Å². The van der Waals surface area contributed by atoms with E-state index < -0.39 is 0 Å². The highest BCUT2D eigenvalue weighted by atomic mass is 79.9. The van der Waals surface area contributed by atoms with Gasteiger partial charge in [0.25, 0.3) is 0 Å². The molecule has 3 nitrogen and oxygen atoms in total. The molecule has 0 radical (unpaired) electrons. The standard InChI is InChI=1S/C23H21BrN2OS/c1-28-18-11-9-15(10-12-18)23-25-20(16-5-4-6-17(24)13-16)14-21(26-23)19-7-2-3-8-22(19)27/h2-13,21,23,26-27H,14H2,1H3/t21-,23+/m0/s1. The zero-order valence-corrected chi connectivity index (χ0v) is 17.9. The maximum absolute atomic E-state index is 10.4. The Bertz CT molecular complexity index is 1000. The van der Waals surface area contributed by atoms with Crippen molar-refractivity contribution in [3.05, 3.63) is 94.0 Å². The maximum atomic E-state index is 10.4. The topological polar surface area (TPSA) is 44.6 Å². The summed E-state index contributed by atoms with van der Waals surface area (Å²) in [7, 11) is 0. The fourth-order valence-corrected chi connectivity index (χ4v) is 4.30. The molecule has 0 amide bonds. The molecular formula is C23H21BrN2OS. The van der Waals surface area contributed by atoms with E-state index in [9.17, 15) is 5.11 Å². The molecule has 0 bridgehead atoms. The SMILES string of the molecule is CSc1ccc([C@@H]2N=C(c3cccc(Br)c3)C[C@@H](c3ccccc3O)N2)cc1. The van der Waals surface area contributed by atoms with Gasteiger partial charge in [0, 0.05) is 33.1 Å². The third kappa shape index (κ3) is 4.17. The summed E-state index contributed by atoms with van der Waals surface area (Å²) in [6.45, 7) is 0. The lowest BCUT2D eigenvalue weighted by Gasteiger charge is -2.31. The molecule has 2 N–H and O–H groups in total. The lowest BCUT2D eigenvalue weighted by Crippen LogP contribution is -2.33. The number of aliphatic imine (C=N–C) groups is 1. The van der Waals surface area contributed by atoms with Gasteiger partial charge >= 0.3 is 0 Å². The smallest absolute Gasteiger partial charge is 0.126 e. The molecule has 0 saturated heterocycles. The Morgan fingerprint density at radius 1 is 1.04 bits per heavy atom. The highest BCUT2D eigenvalue weighted by Gasteiger charge is 2.27. The second-order valence-electron chi connectivity index (χ2n) is 6.74. The first-order valence-corrected chi connectivity index (χ1v) is 11.2. The summed E-state index contributed by atoms with van der Waals surface area (Å²) in [5, 5.41) is 14.0. The second-order valence-corrected chi connectivity index (χ2v) is 8.54. The number of hydrogen-bond donors (Lipinski definition) is 2. The quantitative estimate of drug-likeness (QED) is 0.470. The van der Waals surface area contributed by atoms with Gasteiger partial charge in [-0.2, -0.15) is 0 Å². The molecule has 2 atom stereocenters. The van der Waals surface area contributed by atoms with Crippen LogP contribution in [0.25, 0.3) is 0 Å². The zero-order valence-electron chi connectivity index (χ0n) is 15.5. The Balaban J connectivity index is 1.74. The molecule has 142 valence electrons. The molecule has 28 heavy (non-hydrogen) atoms. The molecule has 3 aromatic carbocycles. The van der Waals surface area contributed by atoms with E-state index in [-0.39, 0.29) is 12.2 Å². The number of rotatable bonds is 4.